The fourth-order valence-electron chi connectivity index (χ4n) is 2.26. The maximum Gasteiger partial charge on any atom is 0.323 e. The van der Waals surface area contributed by atoms with Gasteiger partial charge in [-0.3, -0.25) is 9.69 Å². The summed E-state index contributed by atoms with van der Waals surface area (Å²) in [5.41, 5.74) is 0.876. The maximum atomic E-state index is 13.2. The van der Waals surface area contributed by atoms with Crippen molar-refractivity contribution in [1.82, 2.24) is 4.90 Å². The summed E-state index contributed by atoms with van der Waals surface area (Å²) in [6.45, 7) is 3.16. The second-order valence-electron chi connectivity index (χ2n) is 4.52. The normalized spacial score (nSPS) is 22.2. The third kappa shape index (κ3) is 3.13. The molecule has 0 saturated carbocycles. The van der Waals surface area contributed by atoms with Crippen LogP contribution in [0.2, 0.25) is 0 Å². The van der Waals surface area contributed by atoms with Gasteiger partial charge in [-0.2, -0.15) is 0 Å². The summed E-state index contributed by atoms with van der Waals surface area (Å²) in [6.07, 6.45) is 0. The van der Waals surface area contributed by atoms with Crippen LogP contribution in [-0.4, -0.2) is 41.8 Å². The van der Waals surface area contributed by atoms with Crippen molar-refractivity contribution in [3.63, 3.8) is 0 Å². The van der Waals surface area contributed by atoms with Gasteiger partial charge < -0.3 is 9.84 Å². The number of rotatable bonds is 3. The van der Waals surface area contributed by atoms with Crippen LogP contribution in [-0.2, 0) is 9.53 Å². The average molecular weight is 332 g/mol. The molecule has 0 aromatic heterocycles. The van der Waals surface area contributed by atoms with E-state index in [-0.39, 0.29) is 18.5 Å². The molecule has 6 heteroatoms. The standard InChI is InChI=1S/C13H15BrFNO3/c1-8(9-2-3-11(15)10(14)6-9)16-4-5-19-7-12(16)13(17)18/h2-3,6,8,12H,4-5,7H2,1H3,(H,17,18). The summed E-state index contributed by atoms with van der Waals surface area (Å²) in [5.74, 6) is -1.22. The van der Waals surface area contributed by atoms with E-state index >= 15 is 0 Å². The average Bonchev–Trinajstić information content (AvgIpc) is 2.41. The summed E-state index contributed by atoms with van der Waals surface area (Å²) >= 11 is 3.15. The third-order valence-electron chi connectivity index (χ3n) is 3.38. The van der Waals surface area contributed by atoms with Gasteiger partial charge in [0.15, 0.2) is 0 Å². The molecule has 0 bridgehead atoms. The minimum atomic E-state index is -0.896. The SMILES string of the molecule is CC(c1ccc(F)c(Br)c1)N1CCOCC1C(=O)O. The Kier molecular flexibility index (Phi) is 4.54. The van der Waals surface area contributed by atoms with Crippen LogP contribution in [0.1, 0.15) is 18.5 Å². The minimum absolute atomic E-state index is 0.109. The molecule has 2 rings (SSSR count). The molecule has 2 unspecified atom stereocenters. The second kappa shape index (κ2) is 5.98. The molecule has 104 valence electrons. The summed E-state index contributed by atoms with van der Waals surface area (Å²) in [6, 6.07) is 3.98. The number of ether oxygens (including phenoxy) is 1. The molecular formula is C13H15BrFNO3. The van der Waals surface area contributed by atoms with Crippen molar-refractivity contribution in [2.75, 3.05) is 19.8 Å². The Morgan fingerprint density at radius 1 is 1.63 bits per heavy atom. The molecule has 4 nitrogen and oxygen atoms in total. The lowest BCUT2D eigenvalue weighted by atomic mass is 10.0. The van der Waals surface area contributed by atoms with E-state index in [4.69, 9.17) is 4.74 Å². The zero-order valence-corrected chi connectivity index (χ0v) is 12.1. The van der Waals surface area contributed by atoms with E-state index in [9.17, 15) is 14.3 Å². The van der Waals surface area contributed by atoms with Gasteiger partial charge in [0.2, 0.25) is 0 Å². The van der Waals surface area contributed by atoms with E-state index in [1.807, 2.05) is 11.8 Å². The Balaban J connectivity index is 2.23. The van der Waals surface area contributed by atoms with Crippen LogP contribution in [0.3, 0.4) is 0 Å². The molecule has 1 N–H and O–H groups in total. The molecule has 1 aromatic rings. The van der Waals surface area contributed by atoms with Gasteiger partial charge >= 0.3 is 5.97 Å². The number of benzene rings is 1. The fraction of sp³-hybridized carbons (Fsp3) is 0.462. The first-order chi connectivity index (χ1) is 9.00. The Morgan fingerprint density at radius 2 is 2.37 bits per heavy atom. The molecule has 0 radical (unpaired) electrons. The number of aliphatic carboxylic acids is 1. The lowest BCUT2D eigenvalue weighted by Gasteiger charge is -2.37. The lowest BCUT2D eigenvalue weighted by Crippen LogP contribution is -2.50. The van der Waals surface area contributed by atoms with Crippen LogP contribution in [0.4, 0.5) is 4.39 Å². The van der Waals surface area contributed by atoms with Crippen molar-refractivity contribution in [3.8, 4) is 0 Å². The van der Waals surface area contributed by atoms with Gasteiger partial charge in [-0.1, -0.05) is 6.07 Å². The van der Waals surface area contributed by atoms with Crippen LogP contribution in [0, 0.1) is 5.82 Å². The Morgan fingerprint density at radius 3 is 3.00 bits per heavy atom. The number of carbonyl (C=O) groups is 1. The summed E-state index contributed by atoms with van der Waals surface area (Å²) in [4.78, 5) is 13.1. The number of carboxylic acid groups (broad SMARTS) is 1. The van der Waals surface area contributed by atoms with Crippen molar-refractivity contribution in [2.24, 2.45) is 0 Å². The van der Waals surface area contributed by atoms with Gasteiger partial charge in [0, 0.05) is 12.6 Å². The topological polar surface area (TPSA) is 49.8 Å². The first-order valence-electron chi connectivity index (χ1n) is 6.02. The summed E-state index contributed by atoms with van der Waals surface area (Å²) in [5, 5.41) is 9.21. The van der Waals surface area contributed by atoms with Crippen molar-refractivity contribution in [3.05, 3.63) is 34.1 Å². The van der Waals surface area contributed by atoms with Crippen molar-refractivity contribution < 1.29 is 19.0 Å². The van der Waals surface area contributed by atoms with Crippen LogP contribution in [0.5, 0.6) is 0 Å². The molecule has 19 heavy (non-hydrogen) atoms. The number of halogens is 2. The highest BCUT2D eigenvalue weighted by atomic mass is 79.9. The molecule has 1 aliphatic heterocycles. The first kappa shape index (κ1) is 14.4. The molecule has 0 amide bonds. The number of hydrogen-bond donors (Lipinski definition) is 1. The fourth-order valence-corrected chi connectivity index (χ4v) is 2.65. The van der Waals surface area contributed by atoms with Crippen LogP contribution >= 0.6 is 15.9 Å². The zero-order valence-electron chi connectivity index (χ0n) is 10.5. The third-order valence-corrected chi connectivity index (χ3v) is 3.99. The Hall–Kier alpha value is -0.980. The van der Waals surface area contributed by atoms with E-state index < -0.39 is 12.0 Å². The van der Waals surface area contributed by atoms with E-state index in [0.29, 0.717) is 17.6 Å². The van der Waals surface area contributed by atoms with E-state index in [2.05, 4.69) is 15.9 Å². The number of nitrogens with zero attached hydrogens (tertiary/aromatic N) is 1. The molecule has 1 fully saturated rings. The molecule has 0 aliphatic carbocycles. The van der Waals surface area contributed by atoms with Crippen LogP contribution < -0.4 is 0 Å². The van der Waals surface area contributed by atoms with Crippen molar-refractivity contribution in [2.45, 2.75) is 19.0 Å². The monoisotopic (exact) mass is 331 g/mol. The van der Waals surface area contributed by atoms with Gasteiger partial charge in [-0.25, -0.2) is 4.39 Å². The molecule has 1 aliphatic rings. The highest BCUT2D eigenvalue weighted by Gasteiger charge is 2.33. The van der Waals surface area contributed by atoms with E-state index in [1.54, 1.807) is 12.1 Å². The van der Waals surface area contributed by atoms with E-state index in [1.165, 1.54) is 6.07 Å². The molecule has 0 spiro atoms. The number of carboxylic acids is 1. The van der Waals surface area contributed by atoms with Gasteiger partial charge in [-0.05, 0) is 40.5 Å². The Bertz CT molecular complexity index is 483. The first-order valence-corrected chi connectivity index (χ1v) is 6.81. The largest absolute Gasteiger partial charge is 0.480 e. The quantitative estimate of drug-likeness (QED) is 0.924. The predicted molar refractivity (Wildman–Crippen MR) is 71.5 cm³/mol. The molecule has 1 aromatic carbocycles. The van der Waals surface area contributed by atoms with Crippen molar-refractivity contribution in [1.29, 1.82) is 0 Å². The van der Waals surface area contributed by atoms with Gasteiger partial charge in [-0.15, -0.1) is 0 Å². The van der Waals surface area contributed by atoms with Crippen molar-refractivity contribution >= 4 is 21.9 Å². The highest BCUT2D eigenvalue weighted by Crippen LogP contribution is 2.27. The minimum Gasteiger partial charge on any atom is -0.480 e. The number of morpholine rings is 1. The highest BCUT2D eigenvalue weighted by molar-refractivity contribution is 9.10. The zero-order chi connectivity index (χ0) is 14.0. The maximum absolute atomic E-state index is 13.2. The smallest absolute Gasteiger partial charge is 0.323 e. The molecule has 1 saturated heterocycles. The molecule has 1 heterocycles. The lowest BCUT2D eigenvalue weighted by molar-refractivity contribution is -0.151. The predicted octanol–water partition coefficient (Wildman–Crippen LogP) is 2.43. The molecule has 2 atom stereocenters. The molecular weight excluding hydrogens is 317 g/mol. The Labute approximate surface area is 119 Å². The van der Waals surface area contributed by atoms with E-state index in [0.717, 1.165) is 5.56 Å². The summed E-state index contributed by atoms with van der Waals surface area (Å²) < 4.78 is 18.8. The van der Waals surface area contributed by atoms with Crippen LogP contribution in [0.15, 0.2) is 22.7 Å². The number of hydrogen-bond acceptors (Lipinski definition) is 3. The van der Waals surface area contributed by atoms with Gasteiger partial charge in [0.05, 0.1) is 17.7 Å². The second-order valence-corrected chi connectivity index (χ2v) is 5.37. The summed E-state index contributed by atoms with van der Waals surface area (Å²) in [7, 11) is 0. The van der Waals surface area contributed by atoms with Gasteiger partial charge in [0.1, 0.15) is 11.9 Å². The van der Waals surface area contributed by atoms with Gasteiger partial charge in [0.25, 0.3) is 0 Å². The van der Waals surface area contributed by atoms with Crippen LogP contribution in [0.25, 0.3) is 0 Å².